The minimum Gasteiger partial charge on any atom is -0.336 e. The quantitative estimate of drug-likeness (QED) is 0.820. The van der Waals surface area contributed by atoms with Gasteiger partial charge in [0.05, 0.1) is 6.04 Å². The lowest BCUT2D eigenvalue weighted by atomic mass is 10.2. The van der Waals surface area contributed by atoms with Gasteiger partial charge in [-0.25, -0.2) is 4.79 Å². The van der Waals surface area contributed by atoms with E-state index in [0.29, 0.717) is 6.54 Å². The molecule has 1 saturated heterocycles. The third-order valence-electron chi connectivity index (χ3n) is 2.29. The summed E-state index contributed by atoms with van der Waals surface area (Å²) in [6.45, 7) is 2.74. The van der Waals surface area contributed by atoms with Crippen LogP contribution in [0, 0.1) is 0 Å². The molecule has 2 amide bonds. The first kappa shape index (κ1) is 9.52. The van der Waals surface area contributed by atoms with Crippen LogP contribution in [-0.4, -0.2) is 18.6 Å². The summed E-state index contributed by atoms with van der Waals surface area (Å²) in [4.78, 5) is 13.3. The number of urea groups is 1. The Kier molecular flexibility index (Phi) is 2.46. The lowest BCUT2D eigenvalue weighted by Gasteiger charge is -2.19. The summed E-state index contributed by atoms with van der Waals surface area (Å²) in [6.07, 6.45) is 0. The van der Waals surface area contributed by atoms with E-state index in [1.165, 1.54) is 0 Å². The van der Waals surface area contributed by atoms with Gasteiger partial charge in [-0.1, -0.05) is 22.0 Å². The smallest absolute Gasteiger partial charge is 0.322 e. The maximum atomic E-state index is 11.5. The molecule has 1 aromatic carbocycles. The van der Waals surface area contributed by atoms with Crippen molar-refractivity contribution in [3.63, 3.8) is 0 Å². The zero-order chi connectivity index (χ0) is 10.1. The highest BCUT2D eigenvalue weighted by atomic mass is 79.9. The van der Waals surface area contributed by atoms with Gasteiger partial charge in [0.1, 0.15) is 0 Å². The van der Waals surface area contributed by atoms with E-state index in [4.69, 9.17) is 0 Å². The van der Waals surface area contributed by atoms with Crippen LogP contribution < -0.4 is 10.2 Å². The van der Waals surface area contributed by atoms with Gasteiger partial charge in [-0.2, -0.15) is 0 Å². The van der Waals surface area contributed by atoms with Crippen LogP contribution >= 0.6 is 15.9 Å². The number of nitrogens with zero attached hydrogens (tertiary/aromatic N) is 1. The molecule has 0 bridgehead atoms. The Balaban J connectivity index is 2.34. The molecule has 1 aliphatic rings. The van der Waals surface area contributed by atoms with E-state index in [2.05, 4.69) is 21.2 Å². The molecule has 1 atom stereocenters. The number of rotatable bonds is 1. The summed E-state index contributed by atoms with van der Waals surface area (Å²) in [6, 6.07) is 7.96. The molecule has 1 aromatic rings. The second kappa shape index (κ2) is 3.61. The van der Waals surface area contributed by atoms with Crippen LogP contribution in [-0.2, 0) is 0 Å². The molecule has 14 heavy (non-hydrogen) atoms. The van der Waals surface area contributed by atoms with E-state index in [1.807, 2.05) is 31.2 Å². The van der Waals surface area contributed by atoms with Gasteiger partial charge in [0.2, 0.25) is 0 Å². The normalized spacial score (nSPS) is 21.1. The van der Waals surface area contributed by atoms with Gasteiger partial charge >= 0.3 is 6.03 Å². The molecular formula is C10H11BrN2O. The third-order valence-corrected chi connectivity index (χ3v) is 2.79. The first-order valence-electron chi connectivity index (χ1n) is 4.51. The third kappa shape index (κ3) is 1.62. The number of nitrogens with one attached hydrogen (secondary N) is 1. The second-order valence-electron chi connectivity index (χ2n) is 3.38. The van der Waals surface area contributed by atoms with Gasteiger partial charge < -0.3 is 5.32 Å². The molecule has 0 aliphatic carbocycles. The maximum Gasteiger partial charge on any atom is 0.322 e. The Morgan fingerprint density at radius 1 is 1.57 bits per heavy atom. The number of hydrogen-bond acceptors (Lipinski definition) is 1. The van der Waals surface area contributed by atoms with Crippen LogP contribution in [0.1, 0.15) is 6.92 Å². The average Bonchev–Trinajstić information content (AvgIpc) is 2.46. The molecule has 0 saturated carbocycles. The highest BCUT2D eigenvalue weighted by Crippen LogP contribution is 2.23. The number of anilines is 1. The Morgan fingerprint density at radius 2 is 2.36 bits per heavy atom. The topological polar surface area (TPSA) is 32.3 Å². The van der Waals surface area contributed by atoms with Crippen molar-refractivity contribution in [3.8, 4) is 0 Å². The predicted octanol–water partition coefficient (Wildman–Crippen LogP) is 2.37. The van der Waals surface area contributed by atoms with Crippen molar-refractivity contribution in [2.75, 3.05) is 11.4 Å². The van der Waals surface area contributed by atoms with Crippen molar-refractivity contribution in [2.45, 2.75) is 13.0 Å². The fourth-order valence-corrected chi connectivity index (χ4v) is 2.00. The second-order valence-corrected chi connectivity index (χ2v) is 4.30. The van der Waals surface area contributed by atoms with E-state index in [-0.39, 0.29) is 12.1 Å². The molecule has 0 radical (unpaired) electrons. The van der Waals surface area contributed by atoms with Crippen LogP contribution in [0.4, 0.5) is 10.5 Å². The lowest BCUT2D eigenvalue weighted by Crippen LogP contribution is -2.32. The lowest BCUT2D eigenvalue weighted by molar-refractivity contribution is 0.252. The molecule has 0 aromatic heterocycles. The minimum atomic E-state index is -0.0180. The van der Waals surface area contributed by atoms with Gasteiger partial charge in [0.25, 0.3) is 0 Å². The molecule has 3 nitrogen and oxygen atoms in total. The molecule has 0 spiro atoms. The number of amides is 2. The van der Waals surface area contributed by atoms with Crippen molar-refractivity contribution in [1.29, 1.82) is 0 Å². The number of hydrogen-bond donors (Lipinski definition) is 1. The van der Waals surface area contributed by atoms with E-state index < -0.39 is 0 Å². The van der Waals surface area contributed by atoms with Crippen LogP contribution in [0.15, 0.2) is 28.7 Å². The van der Waals surface area contributed by atoms with Gasteiger partial charge in [-0.15, -0.1) is 0 Å². The zero-order valence-corrected chi connectivity index (χ0v) is 9.41. The average molecular weight is 255 g/mol. The summed E-state index contributed by atoms with van der Waals surface area (Å²) in [5.41, 5.74) is 0.932. The fraction of sp³-hybridized carbons (Fsp3) is 0.300. The summed E-state index contributed by atoms with van der Waals surface area (Å²) < 4.78 is 0.988. The number of benzene rings is 1. The SMILES string of the molecule is C[C@H]1CNC(=O)N1c1cccc(Br)c1. The Morgan fingerprint density at radius 3 is 2.93 bits per heavy atom. The molecule has 1 fully saturated rings. The fourth-order valence-electron chi connectivity index (χ4n) is 1.61. The van der Waals surface area contributed by atoms with Crippen molar-refractivity contribution in [3.05, 3.63) is 28.7 Å². The Hall–Kier alpha value is -1.03. The van der Waals surface area contributed by atoms with Crippen LogP contribution in [0.3, 0.4) is 0 Å². The first-order valence-corrected chi connectivity index (χ1v) is 5.30. The van der Waals surface area contributed by atoms with Gasteiger partial charge in [0, 0.05) is 16.7 Å². The van der Waals surface area contributed by atoms with E-state index in [9.17, 15) is 4.79 Å². The summed E-state index contributed by atoms with van der Waals surface area (Å²) in [7, 11) is 0. The molecular weight excluding hydrogens is 244 g/mol. The van der Waals surface area contributed by atoms with Crippen molar-refractivity contribution in [1.82, 2.24) is 5.32 Å². The number of carbonyl (C=O) groups is 1. The van der Waals surface area contributed by atoms with Gasteiger partial charge in [0.15, 0.2) is 0 Å². The molecule has 1 N–H and O–H groups in total. The summed E-state index contributed by atoms with van der Waals surface area (Å²) >= 11 is 3.39. The van der Waals surface area contributed by atoms with E-state index in [1.54, 1.807) is 4.90 Å². The number of carbonyl (C=O) groups excluding carboxylic acids is 1. The molecule has 1 aliphatic heterocycles. The standard InChI is InChI=1S/C10H11BrN2O/c1-7-6-12-10(14)13(7)9-4-2-3-8(11)5-9/h2-5,7H,6H2,1H3,(H,12,14)/t7-/m0/s1. The molecule has 74 valence electrons. The van der Waals surface area contributed by atoms with E-state index >= 15 is 0 Å². The zero-order valence-electron chi connectivity index (χ0n) is 7.83. The Bertz CT molecular complexity index is 367. The summed E-state index contributed by atoms with van der Waals surface area (Å²) in [5.74, 6) is 0. The Labute approximate surface area is 91.2 Å². The molecule has 4 heteroatoms. The monoisotopic (exact) mass is 254 g/mol. The molecule has 1 heterocycles. The van der Waals surface area contributed by atoms with Crippen LogP contribution in [0.2, 0.25) is 0 Å². The van der Waals surface area contributed by atoms with Crippen molar-refractivity contribution < 1.29 is 4.79 Å². The van der Waals surface area contributed by atoms with E-state index in [0.717, 1.165) is 10.2 Å². The van der Waals surface area contributed by atoms with Crippen LogP contribution in [0.5, 0.6) is 0 Å². The van der Waals surface area contributed by atoms with Crippen molar-refractivity contribution in [2.24, 2.45) is 0 Å². The highest BCUT2D eigenvalue weighted by Gasteiger charge is 2.28. The van der Waals surface area contributed by atoms with Crippen LogP contribution in [0.25, 0.3) is 0 Å². The minimum absolute atomic E-state index is 0.0180. The van der Waals surface area contributed by atoms with Gasteiger partial charge in [-0.3, -0.25) is 4.90 Å². The van der Waals surface area contributed by atoms with Gasteiger partial charge in [-0.05, 0) is 25.1 Å². The van der Waals surface area contributed by atoms with Crippen molar-refractivity contribution >= 4 is 27.6 Å². The predicted molar refractivity (Wildman–Crippen MR) is 59.5 cm³/mol. The summed E-state index contributed by atoms with van der Waals surface area (Å²) in [5, 5.41) is 2.81. The molecule has 0 unspecified atom stereocenters. The first-order chi connectivity index (χ1) is 6.68. The number of halogens is 1. The largest absolute Gasteiger partial charge is 0.336 e. The highest BCUT2D eigenvalue weighted by molar-refractivity contribution is 9.10. The maximum absolute atomic E-state index is 11.5. The molecule has 2 rings (SSSR count).